The van der Waals surface area contributed by atoms with Crippen LogP contribution in [0.15, 0.2) is 23.3 Å². The van der Waals surface area contributed by atoms with Gasteiger partial charge in [0.1, 0.15) is 0 Å². The lowest BCUT2D eigenvalue weighted by molar-refractivity contribution is -0.139. The van der Waals surface area contributed by atoms with Crippen LogP contribution >= 0.6 is 0 Å². The minimum Gasteiger partial charge on any atom is -0.466 e. The quantitative estimate of drug-likeness (QED) is 0.403. The third-order valence-corrected chi connectivity index (χ3v) is 1.85. The Morgan fingerprint density at radius 3 is 2.00 bits per heavy atom. The van der Waals surface area contributed by atoms with Crippen molar-refractivity contribution in [1.82, 2.24) is 0 Å². The number of hydrogen-bond acceptors (Lipinski definition) is 4. The molecule has 0 aromatic heterocycles. The van der Waals surface area contributed by atoms with Gasteiger partial charge in [0.15, 0.2) is 0 Å². The fraction of sp³-hybridized carbons (Fsp3) is 0.455. The summed E-state index contributed by atoms with van der Waals surface area (Å²) in [5.74, 6) is -1.04. The second-order valence-electron chi connectivity index (χ2n) is 2.73. The second-order valence-corrected chi connectivity index (χ2v) is 2.73. The lowest BCUT2D eigenvalue weighted by Crippen LogP contribution is -2.13. The topological polar surface area (TPSA) is 52.6 Å². The highest BCUT2D eigenvalue weighted by Gasteiger charge is 2.18. The van der Waals surface area contributed by atoms with Crippen molar-refractivity contribution >= 4 is 11.9 Å². The number of esters is 2. The zero-order valence-corrected chi connectivity index (χ0v) is 9.49. The first-order valence-corrected chi connectivity index (χ1v) is 4.64. The highest BCUT2D eigenvalue weighted by molar-refractivity contribution is 6.02. The van der Waals surface area contributed by atoms with Crippen LogP contribution in [0.4, 0.5) is 0 Å². The monoisotopic (exact) mass is 212 g/mol. The molecule has 0 radical (unpaired) electrons. The van der Waals surface area contributed by atoms with E-state index in [0.29, 0.717) is 12.0 Å². The van der Waals surface area contributed by atoms with Crippen molar-refractivity contribution in [2.75, 3.05) is 14.2 Å². The Balaban J connectivity index is 5.36. The van der Waals surface area contributed by atoms with Gasteiger partial charge in [-0.1, -0.05) is 19.1 Å². The Labute approximate surface area is 89.6 Å². The summed E-state index contributed by atoms with van der Waals surface area (Å²) in [4.78, 5) is 22.7. The van der Waals surface area contributed by atoms with Crippen molar-refractivity contribution in [1.29, 1.82) is 0 Å². The predicted octanol–water partition coefficient (Wildman–Crippen LogP) is 1.62. The van der Waals surface area contributed by atoms with Gasteiger partial charge in [0.05, 0.1) is 25.4 Å². The standard InChI is InChI=1S/C11H16O4/c1-5-7-9(11(13)15-4)8(6-2)10(12)14-3/h5,7H,6H2,1-4H3/b7-5-,9-8-. The molecule has 0 saturated carbocycles. The molecule has 0 aliphatic heterocycles. The molecular formula is C11H16O4. The Morgan fingerprint density at radius 1 is 1.13 bits per heavy atom. The highest BCUT2D eigenvalue weighted by atomic mass is 16.5. The molecule has 0 spiro atoms. The molecule has 0 aromatic carbocycles. The summed E-state index contributed by atoms with van der Waals surface area (Å²) in [6.07, 6.45) is 3.63. The van der Waals surface area contributed by atoms with Crippen molar-refractivity contribution in [3.05, 3.63) is 23.3 Å². The number of ether oxygens (including phenoxy) is 2. The van der Waals surface area contributed by atoms with Crippen LogP contribution in [0.1, 0.15) is 20.3 Å². The Morgan fingerprint density at radius 2 is 1.67 bits per heavy atom. The van der Waals surface area contributed by atoms with Gasteiger partial charge in [-0.2, -0.15) is 0 Å². The fourth-order valence-corrected chi connectivity index (χ4v) is 1.14. The molecule has 0 atom stereocenters. The number of carbonyl (C=O) groups is 2. The van der Waals surface area contributed by atoms with Crippen molar-refractivity contribution in [3.8, 4) is 0 Å². The zero-order valence-electron chi connectivity index (χ0n) is 9.49. The van der Waals surface area contributed by atoms with Crippen LogP contribution in [0.5, 0.6) is 0 Å². The van der Waals surface area contributed by atoms with E-state index in [1.165, 1.54) is 14.2 Å². The largest absolute Gasteiger partial charge is 0.466 e. The molecule has 0 heterocycles. The van der Waals surface area contributed by atoms with E-state index in [0.717, 1.165) is 0 Å². The maximum Gasteiger partial charge on any atom is 0.338 e. The summed E-state index contributed by atoms with van der Waals surface area (Å²) in [7, 11) is 2.55. The molecule has 84 valence electrons. The van der Waals surface area contributed by atoms with Crippen LogP contribution in [-0.2, 0) is 19.1 Å². The van der Waals surface area contributed by atoms with Crippen LogP contribution < -0.4 is 0 Å². The molecule has 0 amide bonds. The van der Waals surface area contributed by atoms with Crippen molar-refractivity contribution in [2.45, 2.75) is 20.3 Å². The summed E-state index contributed by atoms with van der Waals surface area (Å²) in [5, 5.41) is 0. The molecule has 4 nitrogen and oxygen atoms in total. The Hall–Kier alpha value is -1.58. The van der Waals surface area contributed by atoms with Crippen molar-refractivity contribution < 1.29 is 19.1 Å². The molecule has 0 saturated heterocycles. The number of methoxy groups -OCH3 is 2. The van der Waals surface area contributed by atoms with E-state index in [9.17, 15) is 9.59 Å². The van der Waals surface area contributed by atoms with E-state index >= 15 is 0 Å². The summed E-state index contributed by atoms with van der Waals surface area (Å²) in [5.41, 5.74) is 0.566. The molecule has 4 heteroatoms. The average molecular weight is 212 g/mol. The maximum atomic E-state index is 11.4. The van der Waals surface area contributed by atoms with Crippen LogP contribution in [0.2, 0.25) is 0 Å². The first-order chi connectivity index (χ1) is 7.12. The average Bonchev–Trinajstić information content (AvgIpc) is 2.27. The normalized spacial score (nSPS) is 12.3. The number of carbonyl (C=O) groups excluding carboxylic acids is 2. The zero-order chi connectivity index (χ0) is 11.8. The van der Waals surface area contributed by atoms with Gasteiger partial charge < -0.3 is 9.47 Å². The van der Waals surface area contributed by atoms with E-state index in [-0.39, 0.29) is 5.57 Å². The Bertz CT molecular complexity index is 300. The molecule has 0 unspecified atom stereocenters. The van der Waals surface area contributed by atoms with Gasteiger partial charge in [0, 0.05) is 0 Å². The van der Waals surface area contributed by atoms with Gasteiger partial charge in [-0.3, -0.25) is 0 Å². The smallest absolute Gasteiger partial charge is 0.338 e. The molecule has 0 rings (SSSR count). The molecule has 0 aliphatic carbocycles. The van der Waals surface area contributed by atoms with Crippen molar-refractivity contribution in [2.24, 2.45) is 0 Å². The SMILES string of the molecule is C/C=C\C(C(=O)OC)=C(/CC)C(=O)OC. The van der Waals surface area contributed by atoms with E-state index in [1.807, 2.05) is 0 Å². The Kier molecular flexibility index (Phi) is 6.09. The molecule has 0 aliphatic rings. The molecular weight excluding hydrogens is 196 g/mol. The summed E-state index contributed by atoms with van der Waals surface area (Å²) in [6.45, 7) is 3.53. The van der Waals surface area contributed by atoms with Crippen LogP contribution in [0, 0.1) is 0 Å². The molecule has 0 fully saturated rings. The summed E-state index contributed by atoms with van der Waals surface area (Å²) >= 11 is 0. The molecule has 15 heavy (non-hydrogen) atoms. The van der Waals surface area contributed by atoms with Crippen LogP contribution in [0.3, 0.4) is 0 Å². The summed E-state index contributed by atoms with van der Waals surface area (Å²) in [6, 6.07) is 0. The lowest BCUT2D eigenvalue weighted by atomic mass is 10.1. The molecule has 0 N–H and O–H groups in total. The number of hydrogen-bond donors (Lipinski definition) is 0. The van der Waals surface area contributed by atoms with E-state index < -0.39 is 11.9 Å². The summed E-state index contributed by atoms with van der Waals surface area (Å²) < 4.78 is 9.17. The van der Waals surface area contributed by atoms with Crippen LogP contribution in [-0.4, -0.2) is 26.2 Å². The third-order valence-electron chi connectivity index (χ3n) is 1.85. The molecule has 0 aromatic rings. The van der Waals surface area contributed by atoms with Crippen molar-refractivity contribution in [3.63, 3.8) is 0 Å². The van der Waals surface area contributed by atoms with Gasteiger partial charge in [-0.15, -0.1) is 0 Å². The lowest BCUT2D eigenvalue weighted by Gasteiger charge is -2.07. The van der Waals surface area contributed by atoms with E-state index in [1.54, 1.807) is 26.0 Å². The minimum atomic E-state index is -0.532. The van der Waals surface area contributed by atoms with E-state index in [2.05, 4.69) is 9.47 Å². The van der Waals surface area contributed by atoms with E-state index in [4.69, 9.17) is 0 Å². The van der Waals surface area contributed by atoms with Gasteiger partial charge in [0.25, 0.3) is 0 Å². The number of rotatable bonds is 4. The first-order valence-electron chi connectivity index (χ1n) is 4.64. The second kappa shape index (κ2) is 6.81. The van der Waals surface area contributed by atoms with Gasteiger partial charge >= 0.3 is 11.9 Å². The fourth-order valence-electron chi connectivity index (χ4n) is 1.14. The highest BCUT2D eigenvalue weighted by Crippen LogP contribution is 2.13. The van der Waals surface area contributed by atoms with Gasteiger partial charge in [-0.25, -0.2) is 9.59 Å². The van der Waals surface area contributed by atoms with Gasteiger partial charge in [-0.05, 0) is 13.3 Å². The molecule has 0 bridgehead atoms. The predicted molar refractivity (Wildman–Crippen MR) is 56.2 cm³/mol. The maximum absolute atomic E-state index is 11.4. The third kappa shape index (κ3) is 3.58. The van der Waals surface area contributed by atoms with Gasteiger partial charge in [0.2, 0.25) is 0 Å². The van der Waals surface area contributed by atoms with Crippen LogP contribution in [0.25, 0.3) is 0 Å². The minimum absolute atomic E-state index is 0.245. The first kappa shape index (κ1) is 13.4. The number of allylic oxidation sites excluding steroid dienone is 1.